The van der Waals surface area contributed by atoms with Gasteiger partial charge in [-0.1, -0.05) is 18.5 Å². The van der Waals surface area contributed by atoms with E-state index in [2.05, 4.69) is 5.10 Å². The third-order valence-electron chi connectivity index (χ3n) is 5.45. The van der Waals surface area contributed by atoms with Crippen molar-refractivity contribution >= 4 is 29.0 Å². The molecule has 34 heavy (non-hydrogen) atoms. The number of hydrogen-bond acceptors (Lipinski definition) is 3. The second-order valence-electron chi connectivity index (χ2n) is 8.01. The molecule has 186 valence electrons. The summed E-state index contributed by atoms with van der Waals surface area (Å²) in [5.74, 6) is -7.52. The van der Waals surface area contributed by atoms with Crippen molar-refractivity contribution in [2.24, 2.45) is 18.9 Å². The van der Waals surface area contributed by atoms with E-state index in [9.17, 15) is 44.7 Å². The molecule has 3 rings (SSSR count). The number of alkyl halides is 8. The normalized spacial score (nSPS) is 18.7. The zero-order valence-corrected chi connectivity index (χ0v) is 18.2. The summed E-state index contributed by atoms with van der Waals surface area (Å²) >= 11 is 6.01. The number of ketones is 1. The third-order valence-corrected chi connectivity index (χ3v) is 5.78. The number of aromatic nitrogens is 2. The highest BCUT2D eigenvalue weighted by atomic mass is 35.5. The molecular formula is C20H16ClF8N3O2. The van der Waals surface area contributed by atoms with Gasteiger partial charge in [-0.25, -0.2) is 0 Å². The van der Waals surface area contributed by atoms with Crippen molar-refractivity contribution in [3.8, 4) is 0 Å². The molecule has 0 spiro atoms. The summed E-state index contributed by atoms with van der Waals surface area (Å²) < 4.78 is 106. The summed E-state index contributed by atoms with van der Waals surface area (Å²) in [6, 6.07) is 3.41. The molecule has 0 radical (unpaired) electrons. The Morgan fingerprint density at radius 2 is 1.74 bits per heavy atom. The Kier molecular flexibility index (Phi) is 6.48. The summed E-state index contributed by atoms with van der Waals surface area (Å²) in [5.41, 5.74) is -6.99. The van der Waals surface area contributed by atoms with Crippen LogP contribution in [0.15, 0.2) is 18.2 Å². The quantitative estimate of drug-likeness (QED) is 0.365. The maximum Gasteiger partial charge on any atom is 0.459 e. The lowest BCUT2D eigenvalue weighted by Crippen LogP contribution is -2.36. The number of nitrogens with zero attached hydrogens (tertiary/aromatic N) is 2. The number of hydrogen-bond donors (Lipinski definition) is 1. The summed E-state index contributed by atoms with van der Waals surface area (Å²) in [6.07, 6.45) is -11.2. The van der Waals surface area contributed by atoms with Gasteiger partial charge < -0.3 is 5.32 Å². The average molecular weight is 518 g/mol. The Hall–Kier alpha value is -2.70. The Labute approximate surface area is 192 Å². The molecule has 1 aromatic carbocycles. The van der Waals surface area contributed by atoms with Crippen molar-refractivity contribution < 1.29 is 44.7 Å². The average Bonchev–Trinajstić information content (AvgIpc) is 3.23. The molecule has 0 bridgehead atoms. The molecule has 5 nitrogen and oxygen atoms in total. The van der Waals surface area contributed by atoms with Crippen LogP contribution in [0.1, 0.15) is 51.9 Å². The highest BCUT2D eigenvalue weighted by molar-refractivity contribution is 6.34. The van der Waals surface area contributed by atoms with Crippen molar-refractivity contribution in [2.75, 3.05) is 5.32 Å². The lowest BCUT2D eigenvalue weighted by molar-refractivity contribution is -0.292. The molecule has 1 aliphatic carbocycles. The van der Waals surface area contributed by atoms with Gasteiger partial charge in [0.1, 0.15) is 11.3 Å². The molecule has 1 heterocycles. The van der Waals surface area contributed by atoms with Crippen molar-refractivity contribution in [1.82, 2.24) is 9.78 Å². The van der Waals surface area contributed by atoms with Crippen molar-refractivity contribution in [1.29, 1.82) is 0 Å². The van der Waals surface area contributed by atoms with Crippen LogP contribution in [0.25, 0.3) is 0 Å². The van der Waals surface area contributed by atoms with Crippen molar-refractivity contribution in [3.05, 3.63) is 45.7 Å². The number of amides is 1. The van der Waals surface area contributed by atoms with E-state index in [-0.39, 0.29) is 39.1 Å². The lowest BCUT2D eigenvalue weighted by atomic mass is 10.0. The summed E-state index contributed by atoms with van der Waals surface area (Å²) in [4.78, 5) is 25.0. The molecule has 1 N–H and O–H groups in total. The Balaban J connectivity index is 1.98. The van der Waals surface area contributed by atoms with E-state index in [1.54, 1.807) is 0 Å². The highest BCUT2D eigenvalue weighted by Gasteiger charge is 2.64. The van der Waals surface area contributed by atoms with E-state index in [0.29, 0.717) is 13.0 Å². The molecule has 0 unspecified atom stereocenters. The molecular weight excluding hydrogens is 502 g/mol. The second kappa shape index (κ2) is 8.51. The number of Topliss-reactive ketones (excluding diaryl/α,β-unsaturated/α-hetero) is 1. The van der Waals surface area contributed by atoms with Crippen LogP contribution in [-0.2, 0) is 19.1 Å². The SMILES string of the molecule is C[C@@H]1C[C@H]1CC(=O)c1cc(NC(=O)c2c(C(F)(F)F)c(C(F)(F)C(F)(F)F)nn2C)ccc1Cl. The first-order valence-electron chi connectivity index (χ1n) is 9.68. The van der Waals surface area contributed by atoms with Crippen LogP contribution in [0.4, 0.5) is 40.8 Å². The van der Waals surface area contributed by atoms with Crippen LogP contribution >= 0.6 is 11.6 Å². The van der Waals surface area contributed by atoms with Gasteiger partial charge >= 0.3 is 18.3 Å². The van der Waals surface area contributed by atoms with E-state index in [0.717, 1.165) is 18.6 Å². The number of benzene rings is 1. The number of carbonyl (C=O) groups is 2. The van der Waals surface area contributed by atoms with Crippen LogP contribution in [0.2, 0.25) is 5.02 Å². The van der Waals surface area contributed by atoms with Crippen LogP contribution < -0.4 is 5.32 Å². The molecule has 1 amide bonds. The Morgan fingerprint density at radius 1 is 1.15 bits per heavy atom. The first-order valence-corrected chi connectivity index (χ1v) is 10.1. The molecule has 14 heteroatoms. The monoisotopic (exact) mass is 517 g/mol. The Morgan fingerprint density at radius 3 is 2.24 bits per heavy atom. The Bertz CT molecular complexity index is 1140. The standard InChI is InChI=1S/C20H16ClF8N3O2/c1-8-5-9(8)6-13(33)11-7-10(3-4-12(11)21)30-17(34)15-14(19(24,25)26)16(31-32(15)2)18(22,23)20(27,28)29/h3-4,7-9H,5-6H2,1-2H3,(H,30,34)/t8-,9+/m1/s1. The fraction of sp³-hybridized carbons (Fsp3) is 0.450. The molecule has 1 saturated carbocycles. The number of rotatable bonds is 6. The van der Waals surface area contributed by atoms with Gasteiger partial charge in [0.2, 0.25) is 0 Å². The molecule has 1 aliphatic rings. The minimum absolute atomic E-state index is 0.0103. The van der Waals surface area contributed by atoms with Crippen molar-refractivity contribution in [3.63, 3.8) is 0 Å². The number of anilines is 1. The molecule has 0 aliphatic heterocycles. The molecule has 1 aromatic heterocycles. The van der Waals surface area contributed by atoms with Gasteiger partial charge in [-0.15, -0.1) is 0 Å². The highest BCUT2D eigenvalue weighted by Crippen LogP contribution is 2.48. The summed E-state index contributed by atoms with van der Waals surface area (Å²) in [7, 11) is 0.619. The van der Waals surface area contributed by atoms with Crippen LogP contribution in [0.3, 0.4) is 0 Å². The fourth-order valence-corrected chi connectivity index (χ4v) is 3.67. The van der Waals surface area contributed by atoms with Crippen LogP contribution in [0.5, 0.6) is 0 Å². The topological polar surface area (TPSA) is 64.0 Å². The van der Waals surface area contributed by atoms with Crippen molar-refractivity contribution in [2.45, 2.75) is 38.0 Å². The molecule has 0 saturated heterocycles. The van der Waals surface area contributed by atoms with E-state index in [4.69, 9.17) is 11.6 Å². The summed E-state index contributed by atoms with van der Waals surface area (Å²) in [5, 5.41) is 4.67. The number of aryl methyl sites for hydroxylation is 1. The maximum absolute atomic E-state index is 13.8. The van der Waals surface area contributed by atoms with E-state index in [1.807, 2.05) is 12.2 Å². The van der Waals surface area contributed by atoms with Gasteiger partial charge in [-0.05, 0) is 36.5 Å². The van der Waals surface area contributed by atoms with E-state index < -0.39 is 41.1 Å². The van der Waals surface area contributed by atoms with Gasteiger partial charge in [0.15, 0.2) is 11.5 Å². The maximum atomic E-state index is 13.8. The first kappa shape index (κ1) is 25.9. The van der Waals surface area contributed by atoms with Gasteiger partial charge in [0.25, 0.3) is 5.91 Å². The number of halogens is 9. The number of nitrogens with one attached hydrogen (secondary N) is 1. The second-order valence-corrected chi connectivity index (χ2v) is 8.42. The lowest BCUT2D eigenvalue weighted by Gasteiger charge is -2.19. The van der Waals surface area contributed by atoms with Gasteiger partial charge in [-0.2, -0.15) is 40.2 Å². The van der Waals surface area contributed by atoms with Crippen LogP contribution in [-0.4, -0.2) is 27.6 Å². The van der Waals surface area contributed by atoms with E-state index in [1.165, 1.54) is 6.07 Å². The molecule has 2 aromatic rings. The third kappa shape index (κ3) is 4.89. The van der Waals surface area contributed by atoms with Gasteiger partial charge in [0, 0.05) is 24.7 Å². The zero-order chi connectivity index (χ0) is 25.8. The van der Waals surface area contributed by atoms with E-state index >= 15 is 0 Å². The first-order chi connectivity index (χ1) is 15.4. The molecule has 1 fully saturated rings. The molecule has 2 atom stereocenters. The predicted octanol–water partition coefficient (Wildman–Crippen LogP) is 6.23. The summed E-state index contributed by atoms with van der Waals surface area (Å²) in [6.45, 7) is 1.94. The smallest absolute Gasteiger partial charge is 0.321 e. The largest absolute Gasteiger partial charge is 0.459 e. The minimum Gasteiger partial charge on any atom is -0.321 e. The number of carbonyl (C=O) groups excluding carboxylic acids is 2. The minimum atomic E-state index is -6.39. The van der Waals surface area contributed by atoms with Gasteiger partial charge in [-0.3, -0.25) is 14.3 Å². The zero-order valence-electron chi connectivity index (χ0n) is 17.4. The predicted molar refractivity (Wildman–Crippen MR) is 104 cm³/mol. The van der Waals surface area contributed by atoms with Gasteiger partial charge in [0.05, 0.1) is 5.02 Å². The van der Waals surface area contributed by atoms with Crippen LogP contribution in [0, 0.1) is 11.8 Å². The fourth-order valence-electron chi connectivity index (χ4n) is 3.45.